The number of allylic oxidation sites excluding steroid dienone is 3. The molecule has 4 nitrogen and oxygen atoms in total. The largest absolute Gasteiger partial charge is 0.362 e. The van der Waals surface area contributed by atoms with Gasteiger partial charge in [-0.25, -0.2) is 4.39 Å². The Morgan fingerprint density at radius 3 is 2.72 bits per heavy atom. The summed E-state index contributed by atoms with van der Waals surface area (Å²) < 4.78 is 14.1. The van der Waals surface area contributed by atoms with Crippen molar-refractivity contribution in [2.75, 3.05) is 5.32 Å². The molecule has 0 bridgehead atoms. The van der Waals surface area contributed by atoms with E-state index in [2.05, 4.69) is 10.6 Å². The van der Waals surface area contributed by atoms with Gasteiger partial charge in [0.1, 0.15) is 5.82 Å². The average molecular weight is 411 g/mol. The molecule has 4 rings (SSSR count). The van der Waals surface area contributed by atoms with Crippen molar-refractivity contribution in [3.05, 3.63) is 87.5 Å². The fraction of sp³-hybridized carbons (Fsp3) is 0.217. The van der Waals surface area contributed by atoms with Gasteiger partial charge in [0, 0.05) is 39.9 Å². The van der Waals surface area contributed by atoms with Crippen molar-refractivity contribution < 1.29 is 14.0 Å². The maximum absolute atomic E-state index is 14.1. The van der Waals surface area contributed by atoms with Crippen LogP contribution in [0.15, 0.2) is 71.1 Å². The number of hydrogen-bond donors (Lipinski definition) is 2. The number of dihydropyridines is 1. The maximum atomic E-state index is 14.1. The predicted octanol–water partition coefficient (Wildman–Crippen LogP) is 5.09. The van der Waals surface area contributed by atoms with Crippen LogP contribution in [0.25, 0.3) is 0 Å². The SMILES string of the molecule is CC1=C(C(=O)Nc2ccccc2F)C(c2cccc(Cl)c2)C2=C(CCCC2=O)N1. The van der Waals surface area contributed by atoms with Crippen LogP contribution in [0, 0.1) is 5.82 Å². The molecular weight excluding hydrogens is 391 g/mol. The highest BCUT2D eigenvalue weighted by Gasteiger charge is 2.38. The lowest BCUT2D eigenvalue weighted by Crippen LogP contribution is -2.35. The fourth-order valence-corrected chi connectivity index (χ4v) is 4.25. The minimum atomic E-state index is -0.551. The van der Waals surface area contributed by atoms with Crippen LogP contribution >= 0.6 is 11.6 Å². The van der Waals surface area contributed by atoms with Crippen LogP contribution in [0.3, 0.4) is 0 Å². The minimum Gasteiger partial charge on any atom is -0.362 e. The van der Waals surface area contributed by atoms with Crippen LogP contribution in [0.5, 0.6) is 0 Å². The van der Waals surface area contributed by atoms with Gasteiger partial charge in [0.15, 0.2) is 5.78 Å². The third kappa shape index (κ3) is 3.70. The van der Waals surface area contributed by atoms with Gasteiger partial charge in [-0.2, -0.15) is 0 Å². The number of para-hydroxylation sites is 1. The van der Waals surface area contributed by atoms with E-state index in [1.165, 1.54) is 12.1 Å². The van der Waals surface area contributed by atoms with E-state index in [4.69, 9.17) is 11.6 Å². The molecule has 1 heterocycles. The van der Waals surface area contributed by atoms with Gasteiger partial charge in [-0.05, 0) is 49.6 Å². The highest BCUT2D eigenvalue weighted by atomic mass is 35.5. The summed E-state index contributed by atoms with van der Waals surface area (Å²) in [5.41, 5.74) is 3.35. The van der Waals surface area contributed by atoms with E-state index >= 15 is 0 Å². The van der Waals surface area contributed by atoms with Gasteiger partial charge < -0.3 is 10.6 Å². The molecule has 0 saturated carbocycles. The Balaban J connectivity index is 1.81. The van der Waals surface area contributed by atoms with Crippen molar-refractivity contribution in [2.45, 2.75) is 32.1 Å². The zero-order valence-corrected chi connectivity index (χ0v) is 16.6. The monoisotopic (exact) mass is 410 g/mol. The maximum Gasteiger partial charge on any atom is 0.254 e. The number of ketones is 1. The zero-order chi connectivity index (χ0) is 20.5. The smallest absolute Gasteiger partial charge is 0.254 e. The summed E-state index contributed by atoms with van der Waals surface area (Å²) in [5, 5.41) is 6.43. The standard InChI is InChI=1S/C23H20ClFN2O2/c1-13-20(23(29)27-17-9-3-2-8-16(17)25)21(14-6-4-7-15(24)12-14)22-18(26-13)10-5-11-19(22)28/h2-4,6-9,12,21,26H,5,10-11H2,1H3,(H,27,29). The first-order valence-corrected chi connectivity index (χ1v) is 9.89. The summed E-state index contributed by atoms with van der Waals surface area (Å²) in [5.74, 6) is -1.50. The van der Waals surface area contributed by atoms with Gasteiger partial charge in [0.25, 0.3) is 5.91 Å². The number of carbonyl (C=O) groups is 2. The van der Waals surface area contributed by atoms with E-state index in [1.807, 2.05) is 6.07 Å². The number of carbonyl (C=O) groups excluding carboxylic acids is 2. The van der Waals surface area contributed by atoms with Crippen LogP contribution in [-0.4, -0.2) is 11.7 Å². The van der Waals surface area contributed by atoms with Crippen LogP contribution in [0.2, 0.25) is 5.02 Å². The van der Waals surface area contributed by atoms with Crippen LogP contribution in [0.4, 0.5) is 10.1 Å². The van der Waals surface area contributed by atoms with Crippen molar-refractivity contribution >= 4 is 29.0 Å². The van der Waals surface area contributed by atoms with Gasteiger partial charge in [0.05, 0.1) is 5.69 Å². The summed E-state index contributed by atoms with van der Waals surface area (Å²) >= 11 is 6.21. The topological polar surface area (TPSA) is 58.2 Å². The van der Waals surface area contributed by atoms with Crippen molar-refractivity contribution in [2.24, 2.45) is 0 Å². The molecule has 1 unspecified atom stereocenters. The van der Waals surface area contributed by atoms with E-state index in [0.717, 1.165) is 24.1 Å². The predicted molar refractivity (Wildman–Crippen MR) is 111 cm³/mol. The summed E-state index contributed by atoms with van der Waals surface area (Å²) in [7, 11) is 0. The molecule has 6 heteroatoms. The Morgan fingerprint density at radius 2 is 1.97 bits per heavy atom. The second-order valence-corrected chi connectivity index (χ2v) is 7.69. The molecule has 0 saturated heterocycles. The first kappa shape index (κ1) is 19.4. The molecule has 148 valence electrons. The van der Waals surface area contributed by atoms with Crippen LogP contribution < -0.4 is 10.6 Å². The van der Waals surface area contributed by atoms with E-state index in [1.54, 1.807) is 37.3 Å². The van der Waals surface area contributed by atoms with Gasteiger partial charge in [-0.15, -0.1) is 0 Å². The highest BCUT2D eigenvalue weighted by Crippen LogP contribution is 2.42. The lowest BCUT2D eigenvalue weighted by Gasteiger charge is -2.34. The summed E-state index contributed by atoms with van der Waals surface area (Å²) in [6, 6.07) is 13.2. The van der Waals surface area contributed by atoms with E-state index < -0.39 is 17.6 Å². The molecule has 2 aromatic rings. The number of nitrogens with one attached hydrogen (secondary N) is 2. The normalized spacial score (nSPS) is 19.0. The average Bonchev–Trinajstić information content (AvgIpc) is 2.69. The summed E-state index contributed by atoms with van der Waals surface area (Å²) in [6.07, 6.45) is 1.97. The van der Waals surface area contributed by atoms with Gasteiger partial charge in [-0.3, -0.25) is 9.59 Å². The number of amides is 1. The molecule has 1 amide bonds. The number of rotatable bonds is 3. The first-order chi connectivity index (χ1) is 14.0. The Labute approximate surface area is 173 Å². The van der Waals surface area contributed by atoms with E-state index in [-0.39, 0.29) is 11.5 Å². The van der Waals surface area contributed by atoms with Crippen molar-refractivity contribution in [3.8, 4) is 0 Å². The molecule has 29 heavy (non-hydrogen) atoms. The second kappa shape index (κ2) is 7.84. The Bertz CT molecular complexity index is 1070. The molecular formula is C23H20ClFN2O2. The number of Topliss-reactive ketones (excluding diaryl/α,β-unsaturated/α-hetero) is 1. The third-order valence-corrected chi connectivity index (χ3v) is 5.56. The lowest BCUT2D eigenvalue weighted by molar-refractivity contribution is -0.116. The molecule has 1 aliphatic heterocycles. The van der Waals surface area contributed by atoms with Gasteiger partial charge in [0.2, 0.25) is 0 Å². The Morgan fingerprint density at radius 1 is 1.17 bits per heavy atom. The fourth-order valence-electron chi connectivity index (χ4n) is 4.06. The molecule has 1 atom stereocenters. The molecule has 0 fully saturated rings. The Kier molecular flexibility index (Phi) is 5.24. The first-order valence-electron chi connectivity index (χ1n) is 9.51. The number of hydrogen-bond acceptors (Lipinski definition) is 3. The molecule has 0 radical (unpaired) electrons. The van der Waals surface area contributed by atoms with E-state index in [9.17, 15) is 14.0 Å². The van der Waals surface area contributed by atoms with Gasteiger partial charge >= 0.3 is 0 Å². The zero-order valence-electron chi connectivity index (χ0n) is 15.9. The van der Waals surface area contributed by atoms with Crippen LogP contribution in [-0.2, 0) is 9.59 Å². The van der Waals surface area contributed by atoms with Gasteiger partial charge in [-0.1, -0.05) is 35.9 Å². The lowest BCUT2D eigenvalue weighted by atomic mass is 9.75. The molecule has 2 N–H and O–H groups in total. The van der Waals surface area contributed by atoms with Crippen molar-refractivity contribution in [1.29, 1.82) is 0 Å². The number of anilines is 1. The van der Waals surface area contributed by atoms with E-state index in [0.29, 0.717) is 28.3 Å². The summed E-state index contributed by atoms with van der Waals surface area (Å²) in [4.78, 5) is 26.1. The summed E-state index contributed by atoms with van der Waals surface area (Å²) in [6.45, 7) is 1.80. The van der Waals surface area contributed by atoms with Crippen LogP contribution in [0.1, 0.15) is 37.7 Å². The highest BCUT2D eigenvalue weighted by molar-refractivity contribution is 6.30. The third-order valence-electron chi connectivity index (χ3n) is 5.32. The van der Waals surface area contributed by atoms with Crippen molar-refractivity contribution in [3.63, 3.8) is 0 Å². The molecule has 0 aromatic heterocycles. The molecule has 0 spiro atoms. The minimum absolute atomic E-state index is 0.0208. The molecule has 1 aliphatic carbocycles. The number of benzene rings is 2. The second-order valence-electron chi connectivity index (χ2n) is 7.25. The van der Waals surface area contributed by atoms with Crippen molar-refractivity contribution in [1.82, 2.24) is 5.32 Å². The quantitative estimate of drug-likeness (QED) is 0.741. The number of halogens is 2. The molecule has 2 aromatic carbocycles. The Hall–Kier alpha value is -2.92. The molecule has 2 aliphatic rings.